The molecule has 0 spiro atoms. The molecule has 1 aliphatic rings. The molecule has 0 unspecified atom stereocenters. The Morgan fingerprint density at radius 3 is 2.35 bits per heavy atom. The second kappa shape index (κ2) is 7.79. The number of halogens is 1. The van der Waals surface area contributed by atoms with Crippen molar-refractivity contribution in [1.29, 1.82) is 0 Å². The van der Waals surface area contributed by atoms with Crippen molar-refractivity contribution in [3.8, 4) is 0 Å². The molecule has 3 nitrogen and oxygen atoms in total. The first-order valence-electron chi connectivity index (χ1n) is 7.47. The van der Waals surface area contributed by atoms with Gasteiger partial charge in [0.15, 0.2) is 0 Å². The van der Waals surface area contributed by atoms with Crippen molar-refractivity contribution in [3.63, 3.8) is 0 Å². The number of hydrogen-bond acceptors (Lipinski definition) is 2. The van der Waals surface area contributed by atoms with E-state index in [1.54, 1.807) is 0 Å². The van der Waals surface area contributed by atoms with Crippen LogP contribution < -0.4 is 10.6 Å². The minimum Gasteiger partial charge on any atom is -0.325 e. The molecule has 2 rings (SSSR count). The van der Waals surface area contributed by atoms with Crippen molar-refractivity contribution in [3.05, 3.63) is 28.7 Å². The topological polar surface area (TPSA) is 41.1 Å². The quantitative estimate of drug-likeness (QED) is 0.812. The first kappa shape index (κ1) is 15.5. The molecule has 1 aromatic carbocycles. The summed E-state index contributed by atoms with van der Waals surface area (Å²) in [6.45, 7) is 1.94. The Hall–Kier alpha value is -0.870. The summed E-state index contributed by atoms with van der Waals surface area (Å²) in [5, 5.41) is 6.42. The Morgan fingerprint density at radius 1 is 1.15 bits per heavy atom. The van der Waals surface area contributed by atoms with Gasteiger partial charge in [0.2, 0.25) is 5.91 Å². The van der Waals surface area contributed by atoms with Crippen LogP contribution in [0.5, 0.6) is 0 Å². The molecule has 0 aromatic heterocycles. The molecule has 0 heterocycles. The predicted molar refractivity (Wildman–Crippen MR) is 86.9 cm³/mol. The Labute approximate surface area is 129 Å². The van der Waals surface area contributed by atoms with E-state index < -0.39 is 0 Å². The first-order valence-corrected chi connectivity index (χ1v) is 8.27. The summed E-state index contributed by atoms with van der Waals surface area (Å²) in [4.78, 5) is 12.2. The van der Waals surface area contributed by atoms with Crippen LogP contribution in [0.25, 0.3) is 0 Å². The molecule has 20 heavy (non-hydrogen) atoms. The normalized spacial score (nSPS) is 18.3. The van der Waals surface area contributed by atoms with Gasteiger partial charge in [0.1, 0.15) is 0 Å². The third kappa shape index (κ3) is 4.91. The summed E-state index contributed by atoms with van der Waals surface area (Å²) < 4.78 is 1.01. The fraction of sp³-hybridized carbons (Fsp3) is 0.562. The van der Waals surface area contributed by atoms with Crippen LogP contribution in [0.15, 0.2) is 28.7 Å². The van der Waals surface area contributed by atoms with Crippen molar-refractivity contribution in [2.24, 2.45) is 0 Å². The Bertz CT molecular complexity index is 425. The summed E-state index contributed by atoms with van der Waals surface area (Å²) in [6.07, 6.45) is 7.60. The highest BCUT2D eigenvalue weighted by Crippen LogP contribution is 2.18. The summed E-state index contributed by atoms with van der Waals surface area (Å²) in [5.41, 5.74) is 0.840. The van der Waals surface area contributed by atoms with E-state index in [1.165, 1.54) is 38.5 Å². The summed E-state index contributed by atoms with van der Waals surface area (Å²) in [7, 11) is 0. The molecular weight excluding hydrogens is 316 g/mol. The van der Waals surface area contributed by atoms with Gasteiger partial charge in [-0.2, -0.15) is 0 Å². The fourth-order valence-electron chi connectivity index (χ4n) is 2.66. The van der Waals surface area contributed by atoms with E-state index in [4.69, 9.17) is 0 Å². The number of carbonyl (C=O) groups is 1. The lowest BCUT2D eigenvalue weighted by Crippen LogP contribution is -2.43. The molecule has 110 valence electrons. The van der Waals surface area contributed by atoms with E-state index >= 15 is 0 Å². The Balaban J connectivity index is 1.83. The molecule has 1 saturated carbocycles. The molecule has 0 saturated heterocycles. The van der Waals surface area contributed by atoms with Gasteiger partial charge < -0.3 is 10.6 Å². The summed E-state index contributed by atoms with van der Waals surface area (Å²) in [5.74, 6) is 0.0385. The molecule has 0 radical (unpaired) electrons. The van der Waals surface area contributed by atoms with E-state index in [9.17, 15) is 4.79 Å². The third-order valence-corrected chi connectivity index (χ3v) is 4.37. The molecule has 1 atom stereocenters. The zero-order valence-corrected chi connectivity index (χ0v) is 13.6. The van der Waals surface area contributed by atoms with Crippen LogP contribution in [0.3, 0.4) is 0 Å². The van der Waals surface area contributed by atoms with Crippen LogP contribution in [-0.2, 0) is 4.79 Å². The van der Waals surface area contributed by atoms with Crippen LogP contribution in [-0.4, -0.2) is 18.0 Å². The monoisotopic (exact) mass is 338 g/mol. The zero-order valence-electron chi connectivity index (χ0n) is 12.0. The number of benzene rings is 1. The lowest BCUT2D eigenvalue weighted by molar-refractivity contribution is -0.118. The van der Waals surface area contributed by atoms with Gasteiger partial charge in [0.05, 0.1) is 6.04 Å². The summed E-state index contributed by atoms with van der Waals surface area (Å²) in [6, 6.07) is 8.00. The van der Waals surface area contributed by atoms with Gasteiger partial charge in [-0.25, -0.2) is 0 Å². The molecule has 0 bridgehead atoms. The van der Waals surface area contributed by atoms with E-state index in [1.807, 2.05) is 31.2 Å². The number of hydrogen-bond donors (Lipinski definition) is 2. The SMILES string of the molecule is C[C@H](NC1CCCCCC1)C(=O)Nc1ccc(Br)cc1. The lowest BCUT2D eigenvalue weighted by Gasteiger charge is -2.21. The molecule has 1 amide bonds. The van der Waals surface area contributed by atoms with Crippen LogP contribution in [0, 0.1) is 0 Å². The van der Waals surface area contributed by atoms with Crippen LogP contribution in [0.1, 0.15) is 45.4 Å². The molecule has 1 aliphatic carbocycles. The van der Waals surface area contributed by atoms with Gasteiger partial charge in [0.25, 0.3) is 0 Å². The molecule has 4 heteroatoms. The largest absolute Gasteiger partial charge is 0.325 e. The number of amides is 1. The molecule has 0 aliphatic heterocycles. The maximum Gasteiger partial charge on any atom is 0.241 e. The van der Waals surface area contributed by atoms with Gasteiger partial charge in [-0.15, -0.1) is 0 Å². The second-order valence-corrected chi connectivity index (χ2v) is 6.49. The maximum absolute atomic E-state index is 12.2. The highest BCUT2D eigenvalue weighted by Gasteiger charge is 2.19. The summed E-state index contributed by atoms with van der Waals surface area (Å²) >= 11 is 3.39. The van der Waals surface area contributed by atoms with E-state index in [-0.39, 0.29) is 11.9 Å². The second-order valence-electron chi connectivity index (χ2n) is 5.57. The van der Waals surface area contributed by atoms with E-state index in [2.05, 4.69) is 26.6 Å². The highest BCUT2D eigenvalue weighted by molar-refractivity contribution is 9.10. The van der Waals surface area contributed by atoms with E-state index in [0.29, 0.717) is 6.04 Å². The van der Waals surface area contributed by atoms with Crippen LogP contribution in [0.4, 0.5) is 5.69 Å². The van der Waals surface area contributed by atoms with E-state index in [0.717, 1.165) is 10.2 Å². The van der Waals surface area contributed by atoms with Crippen molar-refractivity contribution in [2.45, 2.75) is 57.5 Å². The lowest BCUT2D eigenvalue weighted by atomic mass is 10.1. The first-order chi connectivity index (χ1) is 9.65. The van der Waals surface area contributed by atoms with Gasteiger partial charge in [-0.05, 0) is 44.0 Å². The zero-order chi connectivity index (χ0) is 14.4. The molecule has 1 fully saturated rings. The van der Waals surface area contributed by atoms with Crippen molar-refractivity contribution in [1.82, 2.24) is 5.32 Å². The molecular formula is C16H23BrN2O. The molecule has 1 aromatic rings. The Morgan fingerprint density at radius 2 is 1.75 bits per heavy atom. The van der Waals surface area contributed by atoms with Crippen LogP contribution in [0.2, 0.25) is 0 Å². The maximum atomic E-state index is 12.2. The minimum absolute atomic E-state index is 0.0385. The third-order valence-electron chi connectivity index (χ3n) is 3.85. The Kier molecular flexibility index (Phi) is 6.05. The number of rotatable bonds is 4. The van der Waals surface area contributed by atoms with Gasteiger partial charge >= 0.3 is 0 Å². The van der Waals surface area contributed by atoms with Crippen molar-refractivity contribution < 1.29 is 4.79 Å². The van der Waals surface area contributed by atoms with Crippen molar-refractivity contribution in [2.75, 3.05) is 5.32 Å². The van der Waals surface area contributed by atoms with Gasteiger partial charge in [0, 0.05) is 16.2 Å². The average molecular weight is 339 g/mol. The smallest absolute Gasteiger partial charge is 0.241 e. The van der Waals surface area contributed by atoms with Gasteiger partial charge in [-0.1, -0.05) is 41.6 Å². The number of carbonyl (C=O) groups excluding carboxylic acids is 1. The van der Waals surface area contributed by atoms with Gasteiger partial charge in [-0.3, -0.25) is 4.79 Å². The van der Waals surface area contributed by atoms with Crippen molar-refractivity contribution >= 4 is 27.5 Å². The number of anilines is 1. The van der Waals surface area contributed by atoms with Crippen LogP contribution >= 0.6 is 15.9 Å². The predicted octanol–water partition coefficient (Wildman–Crippen LogP) is 4.09. The fourth-order valence-corrected chi connectivity index (χ4v) is 2.92. The molecule has 2 N–H and O–H groups in total. The highest BCUT2D eigenvalue weighted by atomic mass is 79.9. The minimum atomic E-state index is -0.151. The number of nitrogens with one attached hydrogen (secondary N) is 2. The average Bonchev–Trinajstić information content (AvgIpc) is 2.70. The standard InChI is InChI=1S/C16H23BrN2O/c1-12(18-14-6-4-2-3-5-7-14)16(20)19-15-10-8-13(17)9-11-15/h8-12,14,18H,2-7H2,1H3,(H,19,20)/t12-/m0/s1.